The Morgan fingerprint density at radius 3 is 2.83 bits per heavy atom. The average Bonchev–Trinajstić information content (AvgIpc) is 3.20. The summed E-state index contributed by atoms with van der Waals surface area (Å²) in [4.78, 5) is 16.1. The first-order chi connectivity index (χ1) is 8.66. The highest BCUT2D eigenvalue weighted by atomic mass is 16.1. The van der Waals surface area contributed by atoms with E-state index in [-0.39, 0.29) is 5.78 Å². The zero-order valence-electron chi connectivity index (χ0n) is 10.8. The minimum atomic E-state index is 0.130. The van der Waals surface area contributed by atoms with Crippen molar-refractivity contribution < 1.29 is 4.79 Å². The number of Topliss-reactive ketones (excluding diaryl/α,β-unsaturated/α-hetero) is 1. The van der Waals surface area contributed by atoms with E-state index in [1.807, 2.05) is 30.5 Å². The Kier molecular flexibility index (Phi) is 2.66. The van der Waals surface area contributed by atoms with Gasteiger partial charge in [-0.15, -0.1) is 0 Å². The molecule has 0 N–H and O–H groups in total. The minimum Gasteiger partial charge on any atom is -0.295 e. The highest BCUT2D eigenvalue weighted by Crippen LogP contribution is 2.44. The molecule has 0 spiro atoms. The first kappa shape index (κ1) is 11.4. The molecule has 1 atom stereocenters. The van der Waals surface area contributed by atoms with Gasteiger partial charge in [0, 0.05) is 17.1 Å². The number of pyridine rings is 1. The van der Waals surface area contributed by atoms with E-state index in [4.69, 9.17) is 0 Å². The second-order valence-corrected chi connectivity index (χ2v) is 5.32. The van der Waals surface area contributed by atoms with Crippen LogP contribution in [0.5, 0.6) is 0 Å². The second-order valence-electron chi connectivity index (χ2n) is 5.32. The first-order valence-corrected chi connectivity index (χ1v) is 6.56. The lowest BCUT2D eigenvalue weighted by molar-refractivity contribution is 0.101. The van der Waals surface area contributed by atoms with Crippen molar-refractivity contribution in [2.24, 2.45) is 5.92 Å². The van der Waals surface area contributed by atoms with E-state index in [9.17, 15) is 4.79 Å². The maximum atomic E-state index is 11.6. The Morgan fingerprint density at radius 1 is 1.39 bits per heavy atom. The molecule has 1 aliphatic rings. The predicted molar refractivity (Wildman–Crippen MR) is 72.9 cm³/mol. The van der Waals surface area contributed by atoms with Crippen molar-refractivity contribution in [3.05, 3.63) is 41.6 Å². The standard InChI is InChI=1S/C16H17NO/c1-10(12-5-6-12)15-9-14(11(2)18)8-13-4-3-7-17-16(13)15/h3-4,7-10,12H,5-6H2,1-2H3. The fraction of sp³-hybridized carbons (Fsp3) is 0.375. The minimum absolute atomic E-state index is 0.130. The number of hydrogen-bond donors (Lipinski definition) is 0. The van der Waals surface area contributed by atoms with Crippen molar-refractivity contribution in [2.75, 3.05) is 0 Å². The van der Waals surface area contributed by atoms with Crippen LogP contribution in [0, 0.1) is 5.92 Å². The summed E-state index contributed by atoms with van der Waals surface area (Å²) >= 11 is 0. The van der Waals surface area contributed by atoms with Crippen LogP contribution in [0.4, 0.5) is 0 Å². The summed E-state index contributed by atoms with van der Waals surface area (Å²) < 4.78 is 0. The Bertz CT molecular complexity index is 614. The van der Waals surface area contributed by atoms with Crippen molar-refractivity contribution >= 4 is 16.7 Å². The summed E-state index contributed by atoms with van der Waals surface area (Å²) in [6.45, 7) is 3.88. The van der Waals surface area contributed by atoms with Gasteiger partial charge in [0.1, 0.15) is 0 Å². The van der Waals surface area contributed by atoms with Crippen LogP contribution in [0.25, 0.3) is 10.9 Å². The van der Waals surface area contributed by atoms with Gasteiger partial charge < -0.3 is 0 Å². The molecule has 1 saturated carbocycles. The number of nitrogens with zero attached hydrogens (tertiary/aromatic N) is 1. The normalized spacial score (nSPS) is 16.8. The van der Waals surface area contributed by atoms with Gasteiger partial charge in [0.2, 0.25) is 0 Å². The number of ketones is 1. The molecular formula is C16H17NO. The fourth-order valence-electron chi connectivity index (χ4n) is 2.62. The summed E-state index contributed by atoms with van der Waals surface area (Å²) in [6, 6.07) is 7.96. The number of fused-ring (bicyclic) bond motifs is 1. The Morgan fingerprint density at radius 2 is 2.17 bits per heavy atom. The van der Waals surface area contributed by atoms with Crippen LogP contribution in [0.1, 0.15) is 48.5 Å². The zero-order chi connectivity index (χ0) is 12.7. The van der Waals surface area contributed by atoms with Crippen molar-refractivity contribution in [3.8, 4) is 0 Å². The summed E-state index contributed by atoms with van der Waals surface area (Å²) in [7, 11) is 0. The quantitative estimate of drug-likeness (QED) is 0.759. The van der Waals surface area contributed by atoms with Gasteiger partial charge in [0.25, 0.3) is 0 Å². The van der Waals surface area contributed by atoms with Gasteiger partial charge in [-0.2, -0.15) is 0 Å². The molecule has 1 aromatic carbocycles. The summed E-state index contributed by atoms with van der Waals surface area (Å²) in [5.74, 6) is 1.41. The van der Waals surface area contributed by atoms with Gasteiger partial charge >= 0.3 is 0 Å². The molecule has 0 bridgehead atoms. The van der Waals surface area contributed by atoms with Gasteiger partial charge in [0.05, 0.1) is 5.52 Å². The van der Waals surface area contributed by atoms with Crippen molar-refractivity contribution in [3.63, 3.8) is 0 Å². The van der Waals surface area contributed by atoms with Crippen LogP contribution in [-0.2, 0) is 0 Å². The topological polar surface area (TPSA) is 30.0 Å². The molecule has 18 heavy (non-hydrogen) atoms. The summed E-state index contributed by atoms with van der Waals surface area (Å²) in [5.41, 5.74) is 3.10. The van der Waals surface area contributed by atoms with Crippen molar-refractivity contribution in [2.45, 2.75) is 32.6 Å². The smallest absolute Gasteiger partial charge is 0.159 e. The Labute approximate surface area is 107 Å². The molecule has 0 amide bonds. The molecule has 0 radical (unpaired) electrons. The van der Waals surface area contributed by atoms with E-state index in [1.54, 1.807) is 6.92 Å². The maximum Gasteiger partial charge on any atom is 0.159 e. The molecule has 1 unspecified atom stereocenters. The predicted octanol–water partition coefficient (Wildman–Crippen LogP) is 3.95. The van der Waals surface area contributed by atoms with Gasteiger partial charge in [-0.1, -0.05) is 13.0 Å². The highest BCUT2D eigenvalue weighted by Gasteiger charge is 2.30. The van der Waals surface area contributed by atoms with Crippen LogP contribution in [0.2, 0.25) is 0 Å². The Balaban J connectivity index is 2.22. The molecule has 2 aromatic rings. The van der Waals surface area contributed by atoms with Crippen molar-refractivity contribution in [1.82, 2.24) is 4.98 Å². The summed E-state index contributed by atoms with van der Waals surface area (Å²) in [6.07, 6.45) is 4.44. The van der Waals surface area contributed by atoms with Crippen molar-refractivity contribution in [1.29, 1.82) is 0 Å². The molecule has 92 valence electrons. The highest BCUT2D eigenvalue weighted by molar-refractivity contribution is 5.99. The molecule has 1 aliphatic carbocycles. The molecule has 1 aromatic heterocycles. The zero-order valence-corrected chi connectivity index (χ0v) is 10.8. The molecule has 0 saturated heterocycles. The number of hydrogen-bond acceptors (Lipinski definition) is 2. The third-order valence-corrected chi connectivity index (χ3v) is 3.96. The molecule has 1 heterocycles. The van der Waals surface area contributed by atoms with E-state index in [0.29, 0.717) is 5.92 Å². The average molecular weight is 239 g/mol. The molecule has 2 heteroatoms. The van der Waals surface area contributed by atoms with Crippen LogP contribution in [0.3, 0.4) is 0 Å². The molecule has 0 aliphatic heterocycles. The van der Waals surface area contributed by atoms with E-state index in [1.165, 1.54) is 18.4 Å². The second kappa shape index (κ2) is 4.20. The number of benzene rings is 1. The lowest BCUT2D eigenvalue weighted by Crippen LogP contribution is -2.02. The number of aromatic nitrogens is 1. The molecule has 1 fully saturated rings. The van der Waals surface area contributed by atoms with Crippen LogP contribution in [0.15, 0.2) is 30.5 Å². The Hall–Kier alpha value is -1.70. The van der Waals surface area contributed by atoms with Gasteiger partial charge in [-0.05, 0) is 55.4 Å². The lowest BCUT2D eigenvalue weighted by Gasteiger charge is -2.14. The lowest BCUT2D eigenvalue weighted by atomic mass is 9.91. The third-order valence-electron chi connectivity index (χ3n) is 3.96. The van der Waals surface area contributed by atoms with Crippen LogP contribution in [-0.4, -0.2) is 10.8 Å². The monoisotopic (exact) mass is 239 g/mol. The van der Waals surface area contributed by atoms with E-state index < -0.39 is 0 Å². The third kappa shape index (κ3) is 1.92. The molecular weight excluding hydrogens is 222 g/mol. The number of rotatable bonds is 3. The largest absolute Gasteiger partial charge is 0.295 e. The van der Waals surface area contributed by atoms with E-state index in [0.717, 1.165) is 22.4 Å². The molecule has 2 nitrogen and oxygen atoms in total. The fourth-order valence-corrected chi connectivity index (χ4v) is 2.62. The maximum absolute atomic E-state index is 11.6. The molecule has 3 rings (SSSR count). The summed E-state index contributed by atoms with van der Waals surface area (Å²) in [5, 5.41) is 1.08. The number of carbonyl (C=O) groups excluding carboxylic acids is 1. The SMILES string of the molecule is CC(=O)c1cc(C(C)C2CC2)c2ncccc2c1. The first-order valence-electron chi connectivity index (χ1n) is 6.56. The van der Waals surface area contributed by atoms with Gasteiger partial charge in [-0.3, -0.25) is 9.78 Å². The number of carbonyl (C=O) groups is 1. The van der Waals surface area contributed by atoms with Gasteiger partial charge in [-0.25, -0.2) is 0 Å². The van der Waals surface area contributed by atoms with E-state index in [2.05, 4.69) is 11.9 Å². The van der Waals surface area contributed by atoms with E-state index >= 15 is 0 Å². The van der Waals surface area contributed by atoms with Crippen LogP contribution >= 0.6 is 0 Å². The van der Waals surface area contributed by atoms with Crippen LogP contribution < -0.4 is 0 Å². The van der Waals surface area contributed by atoms with Gasteiger partial charge in [0.15, 0.2) is 5.78 Å².